The third kappa shape index (κ3) is 3.43. The van der Waals surface area contributed by atoms with Gasteiger partial charge in [0.1, 0.15) is 6.54 Å². The first-order valence-electron chi connectivity index (χ1n) is 9.19. The van der Waals surface area contributed by atoms with Gasteiger partial charge in [0.05, 0.1) is 10.8 Å². The third-order valence-electron chi connectivity index (χ3n) is 5.19. The first-order valence-corrected chi connectivity index (χ1v) is 9.19. The van der Waals surface area contributed by atoms with Gasteiger partial charge < -0.3 is 4.90 Å². The van der Waals surface area contributed by atoms with Crippen molar-refractivity contribution in [2.75, 3.05) is 6.54 Å². The monoisotopic (exact) mass is 363 g/mol. The molecule has 2 heterocycles. The first kappa shape index (κ1) is 17.3. The number of aromatic amines is 1. The predicted octanol–water partition coefficient (Wildman–Crippen LogP) is 1.92. The smallest absolute Gasteiger partial charge is 0.273 e. The van der Waals surface area contributed by atoms with Gasteiger partial charge in [-0.25, -0.2) is 4.68 Å². The molecule has 1 aliphatic heterocycles. The summed E-state index contributed by atoms with van der Waals surface area (Å²) in [5, 5.41) is 3.21. The van der Waals surface area contributed by atoms with Crippen LogP contribution in [-0.2, 0) is 17.8 Å². The molecular weight excluding hydrogens is 342 g/mol. The number of H-pyrrole nitrogens is 1. The zero-order valence-electron chi connectivity index (χ0n) is 14.9. The van der Waals surface area contributed by atoms with Crippen molar-refractivity contribution in [3.05, 3.63) is 80.9 Å². The van der Waals surface area contributed by atoms with Gasteiger partial charge in [0.25, 0.3) is 11.1 Å². The Morgan fingerprint density at radius 3 is 2.48 bits per heavy atom. The van der Waals surface area contributed by atoms with Crippen molar-refractivity contribution in [3.63, 3.8) is 0 Å². The molecule has 1 atom stereocenters. The minimum Gasteiger partial charge on any atom is -0.338 e. The topological polar surface area (TPSA) is 75.2 Å². The number of benzene rings is 2. The van der Waals surface area contributed by atoms with Crippen molar-refractivity contribution < 1.29 is 4.79 Å². The third-order valence-corrected chi connectivity index (χ3v) is 5.19. The highest BCUT2D eigenvalue weighted by Gasteiger charge is 2.29. The number of aromatic nitrogens is 2. The molecule has 0 unspecified atom stereocenters. The van der Waals surface area contributed by atoms with Crippen LogP contribution in [0.15, 0.2) is 64.2 Å². The fourth-order valence-corrected chi connectivity index (χ4v) is 3.85. The van der Waals surface area contributed by atoms with Crippen LogP contribution in [0.4, 0.5) is 0 Å². The molecule has 0 radical (unpaired) electrons. The summed E-state index contributed by atoms with van der Waals surface area (Å²) in [6.07, 6.45) is 2.70. The van der Waals surface area contributed by atoms with Gasteiger partial charge in [-0.3, -0.25) is 19.5 Å². The highest BCUT2D eigenvalue weighted by atomic mass is 16.2. The van der Waals surface area contributed by atoms with Crippen molar-refractivity contribution in [1.29, 1.82) is 0 Å². The molecule has 27 heavy (non-hydrogen) atoms. The van der Waals surface area contributed by atoms with Crippen LogP contribution < -0.4 is 11.1 Å². The Balaban J connectivity index is 1.57. The van der Waals surface area contributed by atoms with E-state index in [1.54, 1.807) is 24.3 Å². The summed E-state index contributed by atoms with van der Waals surface area (Å²) >= 11 is 0. The fourth-order valence-electron chi connectivity index (χ4n) is 3.85. The molecule has 6 nitrogen and oxygen atoms in total. The van der Waals surface area contributed by atoms with E-state index in [4.69, 9.17) is 0 Å². The van der Waals surface area contributed by atoms with Crippen LogP contribution in [0.5, 0.6) is 0 Å². The van der Waals surface area contributed by atoms with Gasteiger partial charge in [-0.2, -0.15) is 0 Å². The van der Waals surface area contributed by atoms with Crippen LogP contribution in [0.1, 0.15) is 18.4 Å². The van der Waals surface area contributed by atoms with E-state index in [0.29, 0.717) is 17.3 Å². The molecular formula is C21H21N3O3. The van der Waals surface area contributed by atoms with Crippen LogP contribution in [0, 0.1) is 0 Å². The summed E-state index contributed by atoms with van der Waals surface area (Å²) in [5.74, 6) is -0.138. The number of carbonyl (C=O) groups excluding carboxylic acids is 1. The highest BCUT2D eigenvalue weighted by Crippen LogP contribution is 2.21. The maximum Gasteiger partial charge on any atom is 0.273 e. The predicted molar refractivity (Wildman–Crippen MR) is 104 cm³/mol. The van der Waals surface area contributed by atoms with Crippen molar-refractivity contribution in [2.24, 2.45) is 0 Å². The second kappa shape index (κ2) is 7.23. The lowest BCUT2D eigenvalue weighted by molar-refractivity contribution is -0.132. The molecule has 138 valence electrons. The lowest BCUT2D eigenvalue weighted by Gasteiger charge is -2.25. The van der Waals surface area contributed by atoms with E-state index in [2.05, 4.69) is 17.2 Å². The van der Waals surface area contributed by atoms with E-state index in [0.717, 1.165) is 23.9 Å². The van der Waals surface area contributed by atoms with E-state index < -0.39 is 0 Å². The van der Waals surface area contributed by atoms with E-state index >= 15 is 0 Å². The number of nitrogens with zero attached hydrogens (tertiary/aromatic N) is 2. The second-order valence-electron chi connectivity index (χ2n) is 6.95. The summed E-state index contributed by atoms with van der Waals surface area (Å²) in [6.45, 7) is 0.535. The summed E-state index contributed by atoms with van der Waals surface area (Å²) < 4.78 is 1.13. The molecule has 0 saturated carbocycles. The molecule has 2 aromatic carbocycles. The van der Waals surface area contributed by atoms with Crippen molar-refractivity contribution in [3.8, 4) is 0 Å². The Morgan fingerprint density at radius 1 is 1.00 bits per heavy atom. The summed E-state index contributed by atoms with van der Waals surface area (Å²) in [7, 11) is 0. The Bertz CT molecular complexity index is 1090. The number of likely N-dealkylation sites (tertiary alicyclic amines) is 1. The van der Waals surface area contributed by atoms with Crippen molar-refractivity contribution in [2.45, 2.75) is 31.8 Å². The standard InChI is InChI=1S/C21H21N3O3/c25-19(23-12-6-9-16(23)13-15-7-2-1-3-8-15)14-24-21(27)18-11-5-4-10-17(18)20(26)22-24/h1-5,7-8,10-11,16H,6,9,12-14H2,(H,22,26)/t16-/m0/s1. The van der Waals surface area contributed by atoms with Gasteiger partial charge >= 0.3 is 0 Å². The lowest BCUT2D eigenvalue weighted by atomic mass is 10.0. The molecule has 4 rings (SSSR count). The van der Waals surface area contributed by atoms with Gasteiger partial charge in [0, 0.05) is 12.6 Å². The minimum absolute atomic E-state index is 0.128. The van der Waals surface area contributed by atoms with Gasteiger partial charge in [-0.05, 0) is 37.0 Å². The minimum atomic E-state index is -0.361. The average molecular weight is 363 g/mol. The second-order valence-corrected chi connectivity index (χ2v) is 6.95. The number of hydrogen-bond donors (Lipinski definition) is 1. The molecule has 1 aliphatic rings. The summed E-state index contributed by atoms with van der Waals surface area (Å²) in [5.41, 5.74) is 0.482. The number of nitrogens with one attached hydrogen (secondary N) is 1. The van der Waals surface area contributed by atoms with Crippen molar-refractivity contribution in [1.82, 2.24) is 14.7 Å². The maximum atomic E-state index is 12.9. The Kier molecular flexibility index (Phi) is 4.62. The first-order chi connectivity index (χ1) is 13.1. The molecule has 3 aromatic rings. The molecule has 1 amide bonds. The van der Waals surface area contributed by atoms with E-state index in [1.807, 2.05) is 23.1 Å². The molecule has 6 heteroatoms. The lowest BCUT2D eigenvalue weighted by Crippen LogP contribution is -2.42. The number of hydrogen-bond acceptors (Lipinski definition) is 3. The molecule has 1 fully saturated rings. The number of carbonyl (C=O) groups is 1. The van der Waals surface area contributed by atoms with Gasteiger partial charge in [-0.15, -0.1) is 0 Å². The highest BCUT2D eigenvalue weighted by molar-refractivity contribution is 5.81. The molecule has 0 aliphatic carbocycles. The van der Waals surface area contributed by atoms with Gasteiger partial charge in [-0.1, -0.05) is 42.5 Å². The summed E-state index contributed by atoms with van der Waals surface area (Å²) in [6, 6.07) is 16.9. The Morgan fingerprint density at radius 2 is 1.70 bits per heavy atom. The van der Waals surface area contributed by atoms with E-state index in [1.165, 1.54) is 5.56 Å². The van der Waals surface area contributed by atoms with Crippen LogP contribution in [-0.4, -0.2) is 33.2 Å². The number of amides is 1. The molecule has 1 aromatic heterocycles. The largest absolute Gasteiger partial charge is 0.338 e. The van der Waals surface area contributed by atoms with E-state index in [9.17, 15) is 14.4 Å². The Hall–Kier alpha value is -3.15. The van der Waals surface area contributed by atoms with E-state index in [-0.39, 0.29) is 29.6 Å². The average Bonchev–Trinajstić information content (AvgIpc) is 3.15. The molecule has 1 N–H and O–H groups in total. The normalized spacial score (nSPS) is 16.7. The molecule has 0 spiro atoms. The molecule has 0 bridgehead atoms. The number of fused-ring (bicyclic) bond motifs is 1. The zero-order valence-corrected chi connectivity index (χ0v) is 14.9. The van der Waals surface area contributed by atoms with Crippen molar-refractivity contribution >= 4 is 16.7 Å². The fraction of sp³-hybridized carbons (Fsp3) is 0.286. The zero-order chi connectivity index (χ0) is 18.8. The van der Waals surface area contributed by atoms with Crippen LogP contribution >= 0.6 is 0 Å². The SMILES string of the molecule is O=C(Cn1[nH]c(=O)c2ccccc2c1=O)N1CCC[C@H]1Cc1ccccc1. The summed E-state index contributed by atoms with van der Waals surface area (Å²) in [4.78, 5) is 39.5. The number of rotatable bonds is 4. The molecule has 1 saturated heterocycles. The van der Waals surface area contributed by atoms with Crippen LogP contribution in [0.25, 0.3) is 10.8 Å². The van der Waals surface area contributed by atoms with Gasteiger partial charge in [0.15, 0.2) is 0 Å². The van der Waals surface area contributed by atoms with Crippen LogP contribution in [0.3, 0.4) is 0 Å². The maximum absolute atomic E-state index is 12.9. The van der Waals surface area contributed by atoms with Crippen LogP contribution in [0.2, 0.25) is 0 Å². The quantitative estimate of drug-likeness (QED) is 0.770. The van der Waals surface area contributed by atoms with Gasteiger partial charge in [0.2, 0.25) is 5.91 Å². The Labute approximate surface area is 156 Å².